The van der Waals surface area contributed by atoms with Crippen LogP contribution in [0.4, 0.5) is 11.5 Å². The van der Waals surface area contributed by atoms with Crippen molar-refractivity contribution in [2.75, 3.05) is 5.01 Å². The molecule has 0 unspecified atom stereocenters. The summed E-state index contributed by atoms with van der Waals surface area (Å²) < 4.78 is 0. The number of nitrogens with zero attached hydrogens (tertiary/aromatic N) is 4. The van der Waals surface area contributed by atoms with Gasteiger partial charge in [0.05, 0.1) is 18.1 Å². The molecule has 70 valence electrons. The van der Waals surface area contributed by atoms with Crippen LogP contribution in [0.25, 0.3) is 0 Å². The van der Waals surface area contributed by atoms with Gasteiger partial charge >= 0.3 is 0 Å². The topological polar surface area (TPSA) is 67.9 Å². The first kappa shape index (κ1) is 8.58. The zero-order chi connectivity index (χ0) is 9.80. The Hall–Kier alpha value is -2.01. The molecule has 0 aromatic carbocycles. The van der Waals surface area contributed by atoms with E-state index in [0.29, 0.717) is 11.5 Å². The molecule has 5 nitrogen and oxygen atoms in total. The third kappa shape index (κ3) is 1.67. The van der Waals surface area contributed by atoms with E-state index in [4.69, 9.17) is 5.84 Å². The van der Waals surface area contributed by atoms with Crippen molar-refractivity contribution in [1.29, 1.82) is 0 Å². The SMILES string of the molecule is NN(c1cncnc1)c1ccccn1. The number of rotatable bonds is 2. The second-order valence-corrected chi connectivity index (χ2v) is 2.65. The van der Waals surface area contributed by atoms with Crippen LogP contribution in [-0.2, 0) is 0 Å². The van der Waals surface area contributed by atoms with Crippen LogP contribution in [0.1, 0.15) is 0 Å². The second-order valence-electron chi connectivity index (χ2n) is 2.65. The van der Waals surface area contributed by atoms with Crippen LogP contribution in [0, 0.1) is 0 Å². The van der Waals surface area contributed by atoms with Crippen LogP contribution in [0.5, 0.6) is 0 Å². The van der Waals surface area contributed by atoms with Crippen LogP contribution < -0.4 is 10.9 Å². The Morgan fingerprint density at radius 3 is 2.57 bits per heavy atom. The van der Waals surface area contributed by atoms with Gasteiger partial charge in [0, 0.05) is 6.20 Å². The largest absolute Gasteiger partial charge is 0.259 e. The lowest BCUT2D eigenvalue weighted by atomic mass is 10.4. The minimum atomic E-state index is 0.655. The molecular weight excluding hydrogens is 178 g/mol. The number of pyridine rings is 1. The molecule has 0 saturated heterocycles. The normalized spacial score (nSPS) is 9.79. The highest BCUT2D eigenvalue weighted by atomic mass is 15.4. The zero-order valence-electron chi connectivity index (χ0n) is 7.41. The number of anilines is 2. The lowest BCUT2D eigenvalue weighted by Gasteiger charge is -2.15. The van der Waals surface area contributed by atoms with Gasteiger partial charge in [-0.25, -0.2) is 20.8 Å². The van der Waals surface area contributed by atoms with E-state index in [-0.39, 0.29) is 0 Å². The standard InChI is InChI=1S/C9H9N5/c10-14(8-5-11-7-12-6-8)9-3-1-2-4-13-9/h1-7H,10H2. The van der Waals surface area contributed by atoms with Crippen molar-refractivity contribution in [2.24, 2.45) is 5.84 Å². The third-order valence-corrected chi connectivity index (χ3v) is 1.72. The van der Waals surface area contributed by atoms with Gasteiger partial charge in [-0.15, -0.1) is 0 Å². The zero-order valence-corrected chi connectivity index (χ0v) is 7.41. The van der Waals surface area contributed by atoms with Crippen LogP contribution in [0.15, 0.2) is 43.1 Å². The lowest BCUT2D eigenvalue weighted by Crippen LogP contribution is -2.25. The number of hydrogen-bond donors (Lipinski definition) is 1. The van der Waals surface area contributed by atoms with Crippen molar-refractivity contribution in [2.45, 2.75) is 0 Å². The van der Waals surface area contributed by atoms with Crippen molar-refractivity contribution in [1.82, 2.24) is 15.0 Å². The predicted octanol–water partition coefficient (Wildman–Crippen LogP) is 0.883. The molecule has 0 aliphatic rings. The Morgan fingerprint density at radius 1 is 1.14 bits per heavy atom. The minimum Gasteiger partial charge on any atom is -0.259 e. The van der Waals surface area contributed by atoms with E-state index in [1.807, 2.05) is 18.2 Å². The van der Waals surface area contributed by atoms with Gasteiger partial charge in [0.2, 0.25) is 0 Å². The highest BCUT2D eigenvalue weighted by Gasteiger charge is 2.04. The number of hydrazine groups is 1. The van der Waals surface area contributed by atoms with Crippen LogP contribution in [-0.4, -0.2) is 15.0 Å². The van der Waals surface area contributed by atoms with Crippen LogP contribution in [0.2, 0.25) is 0 Å². The van der Waals surface area contributed by atoms with E-state index in [0.717, 1.165) is 0 Å². The van der Waals surface area contributed by atoms with E-state index in [1.54, 1.807) is 18.6 Å². The van der Waals surface area contributed by atoms with E-state index in [9.17, 15) is 0 Å². The molecule has 0 fully saturated rings. The molecule has 2 aromatic heterocycles. The van der Waals surface area contributed by atoms with E-state index < -0.39 is 0 Å². The summed E-state index contributed by atoms with van der Waals surface area (Å²) in [4.78, 5) is 11.8. The first-order valence-corrected chi connectivity index (χ1v) is 4.09. The van der Waals surface area contributed by atoms with Crippen LogP contribution >= 0.6 is 0 Å². The molecular formula is C9H9N5. The molecule has 0 spiro atoms. The smallest absolute Gasteiger partial charge is 0.147 e. The maximum absolute atomic E-state index is 5.81. The van der Waals surface area contributed by atoms with Crippen molar-refractivity contribution < 1.29 is 0 Å². The lowest BCUT2D eigenvalue weighted by molar-refractivity contribution is 1.01. The summed E-state index contributed by atoms with van der Waals surface area (Å²) in [6, 6.07) is 5.51. The number of aromatic nitrogens is 3. The van der Waals surface area contributed by atoms with E-state index in [1.165, 1.54) is 11.3 Å². The molecule has 0 amide bonds. The highest BCUT2D eigenvalue weighted by molar-refractivity contribution is 5.55. The van der Waals surface area contributed by atoms with Gasteiger partial charge in [-0.3, -0.25) is 5.01 Å². The molecule has 2 heterocycles. The highest BCUT2D eigenvalue weighted by Crippen LogP contribution is 2.15. The molecule has 2 aromatic rings. The van der Waals surface area contributed by atoms with E-state index >= 15 is 0 Å². The molecule has 0 saturated carbocycles. The molecule has 5 heteroatoms. The van der Waals surface area contributed by atoms with Gasteiger partial charge in [0.15, 0.2) is 0 Å². The van der Waals surface area contributed by atoms with Crippen molar-refractivity contribution in [3.63, 3.8) is 0 Å². The maximum Gasteiger partial charge on any atom is 0.147 e. The van der Waals surface area contributed by atoms with Gasteiger partial charge in [-0.2, -0.15) is 0 Å². The monoisotopic (exact) mass is 187 g/mol. The Kier molecular flexibility index (Phi) is 2.33. The van der Waals surface area contributed by atoms with Crippen molar-refractivity contribution in [3.8, 4) is 0 Å². The molecule has 2 rings (SSSR count). The molecule has 0 bridgehead atoms. The summed E-state index contributed by atoms with van der Waals surface area (Å²) >= 11 is 0. The van der Waals surface area contributed by atoms with Crippen LogP contribution in [0.3, 0.4) is 0 Å². The predicted molar refractivity (Wildman–Crippen MR) is 52.6 cm³/mol. The summed E-state index contributed by atoms with van der Waals surface area (Å²) in [6.07, 6.45) is 6.39. The Morgan fingerprint density at radius 2 is 1.93 bits per heavy atom. The summed E-state index contributed by atoms with van der Waals surface area (Å²) in [5.41, 5.74) is 0.700. The fraction of sp³-hybridized carbons (Fsp3) is 0. The molecule has 0 radical (unpaired) electrons. The number of nitrogens with two attached hydrogens (primary N) is 1. The summed E-state index contributed by atoms with van der Waals surface area (Å²) in [7, 11) is 0. The molecule has 14 heavy (non-hydrogen) atoms. The summed E-state index contributed by atoms with van der Waals surface area (Å²) in [6.45, 7) is 0. The Labute approximate surface area is 81.2 Å². The second kappa shape index (κ2) is 3.80. The minimum absolute atomic E-state index is 0.655. The van der Waals surface area contributed by atoms with E-state index in [2.05, 4.69) is 15.0 Å². The molecule has 0 atom stereocenters. The maximum atomic E-state index is 5.81. The molecule has 2 N–H and O–H groups in total. The number of hydrogen-bond acceptors (Lipinski definition) is 5. The van der Waals surface area contributed by atoms with Gasteiger partial charge in [0.25, 0.3) is 0 Å². The first-order valence-electron chi connectivity index (χ1n) is 4.09. The Balaban J connectivity index is 2.30. The fourth-order valence-electron chi connectivity index (χ4n) is 1.04. The first-order chi connectivity index (χ1) is 6.88. The molecule has 0 aliphatic carbocycles. The summed E-state index contributed by atoms with van der Waals surface area (Å²) in [5.74, 6) is 6.46. The van der Waals surface area contributed by atoms with Gasteiger partial charge in [-0.1, -0.05) is 6.07 Å². The van der Waals surface area contributed by atoms with Gasteiger partial charge < -0.3 is 0 Å². The average Bonchev–Trinajstić information content (AvgIpc) is 2.30. The summed E-state index contributed by atoms with van der Waals surface area (Å²) in [5, 5.41) is 1.43. The molecule has 0 aliphatic heterocycles. The van der Waals surface area contributed by atoms with Crippen molar-refractivity contribution in [3.05, 3.63) is 43.1 Å². The Bertz CT molecular complexity index is 349. The third-order valence-electron chi connectivity index (χ3n) is 1.72. The quantitative estimate of drug-likeness (QED) is 0.558. The fourth-order valence-corrected chi connectivity index (χ4v) is 1.04. The van der Waals surface area contributed by atoms with Gasteiger partial charge in [-0.05, 0) is 12.1 Å². The average molecular weight is 187 g/mol. The van der Waals surface area contributed by atoms with Gasteiger partial charge in [0.1, 0.15) is 12.1 Å². The van der Waals surface area contributed by atoms with Crippen molar-refractivity contribution >= 4 is 11.5 Å².